The average molecular weight is 304 g/mol. The van der Waals surface area contributed by atoms with Crippen LogP contribution in [-0.2, 0) is 9.47 Å². The van der Waals surface area contributed by atoms with Gasteiger partial charge in [0.25, 0.3) is 0 Å². The van der Waals surface area contributed by atoms with Crippen molar-refractivity contribution in [3.8, 4) is 0 Å². The van der Waals surface area contributed by atoms with Gasteiger partial charge in [0.15, 0.2) is 0 Å². The van der Waals surface area contributed by atoms with Crippen molar-refractivity contribution in [1.29, 1.82) is 0 Å². The van der Waals surface area contributed by atoms with E-state index in [1.54, 1.807) is 0 Å². The van der Waals surface area contributed by atoms with Crippen LogP contribution in [0.25, 0.3) is 0 Å². The summed E-state index contributed by atoms with van der Waals surface area (Å²) in [6.45, 7) is 3.03. The van der Waals surface area contributed by atoms with Crippen LogP contribution in [-0.4, -0.2) is 89.6 Å². The van der Waals surface area contributed by atoms with Gasteiger partial charge in [0.05, 0.1) is 13.2 Å². The molecule has 0 heterocycles. The van der Waals surface area contributed by atoms with Crippen molar-refractivity contribution in [3.05, 3.63) is 0 Å². The number of nitrogens with one attached hydrogen (secondary N) is 2. The van der Waals surface area contributed by atoms with E-state index in [2.05, 4.69) is 10.6 Å². The second kappa shape index (κ2) is 12.2. The molecule has 0 rings (SSSR count). The van der Waals surface area contributed by atoms with Crippen LogP contribution in [0.1, 0.15) is 6.42 Å². The minimum absolute atomic E-state index is 0.221. The highest BCUT2D eigenvalue weighted by Crippen LogP contribution is 1.87. The summed E-state index contributed by atoms with van der Waals surface area (Å²) in [5, 5.41) is 5.25. The lowest BCUT2D eigenvalue weighted by Crippen LogP contribution is -2.32. The summed E-state index contributed by atoms with van der Waals surface area (Å²) >= 11 is 0. The first-order valence-electron chi connectivity index (χ1n) is 7.02. The Kier molecular flexibility index (Phi) is 11.3. The summed E-state index contributed by atoms with van der Waals surface area (Å²) in [7, 11) is 7.70. The summed E-state index contributed by atoms with van der Waals surface area (Å²) in [5.41, 5.74) is 0. The molecule has 124 valence electrons. The molecule has 0 bridgehead atoms. The molecule has 8 heteroatoms. The Morgan fingerprint density at radius 1 is 0.810 bits per heavy atom. The van der Waals surface area contributed by atoms with Gasteiger partial charge < -0.3 is 29.9 Å². The van der Waals surface area contributed by atoms with E-state index < -0.39 is 12.2 Å². The Hall–Kier alpha value is -1.54. The van der Waals surface area contributed by atoms with Crippen LogP contribution in [0, 0.1) is 0 Å². The lowest BCUT2D eigenvalue weighted by molar-refractivity contribution is 0.118. The van der Waals surface area contributed by atoms with Gasteiger partial charge in [-0.2, -0.15) is 0 Å². The van der Waals surface area contributed by atoms with Gasteiger partial charge in [0.2, 0.25) is 0 Å². The van der Waals surface area contributed by atoms with Crippen LogP contribution in [0.15, 0.2) is 0 Å². The number of rotatable bonds is 10. The van der Waals surface area contributed by atoms with E-state index in [1.165, 1.54) is 0 Å². The SMILES string of the molecule is CN(C)CCNC(=O)OCCCOC(=O)NCCN(C)C. The monoisotopic (exact) mass is 304 g/mol. The molecule has 0 unspecified atom stereocenters. The number of alkyl carbamates (subject to hydrolysis) is 2. The molecule has 2 N–H and O–H groups in total. The predicted octanol–water partition coefficient (Wildman–Crippen LogP) is -0.0479. The van der Waals surface area contributed by atoms with Crippen LogP contribution in [0.2, 0.25) is 0 Å². The van der Waals surface area contributed by atoms with Crippen molar-refractivity contribution in [1.82, 2.24) is 20.4 Å². The Morgan fingerprint density at radius 3 is 1.52 bits per heavy atom. The highest BCUT2D eigenvalue weighted by atomic mass is 16.6. The Labute approximate surface area is 126 Å². The molecule has 0 aliphatic rings. The van der Waals surface area contributed by atoms with Gasteiger partial charge in [0, 0.05) is 32.6 Å². The minimum atomic E-state index is -0.452. The molecule has 0 aromatic heterocycles. The van der Waals surface area contributed by atoms with E-state index in [0.29, 0.717) is 19.5 Å². The van der Waals surface area contributed by atoms with Crippen molar-refractivity contribution in [2.45, 2.75) is 6.42 Å². The number of ether oxygens (including phenoxy) is 2. The van der Waals surface area contributed by atoms with Gasteiger partial charge in [-0.15, -0.1) is 0 Å². The molecule has 21 heavy (non-hydrogen) atoms. The van der Waals surface area contributed by atoms with E-state index in [4.69, 9.17) is 9.47 Å². The zero-order valence-corrected chi connectivity index (χ0v) is 13.5. The van der Waals surface area contributed by atoms with Gasteiger partial charge in [-0.25, -0.2) is 9.59 Å². The molecular weight excluding hydrogens is 276 g/mol. The number of hydrogen-bond acceptors (Lipinski definition) is 6. The second-order valence-electron chi connectivity index (χ2n) is 5.09. The highest BCUT2D eigenvalue weighted by Gasteiger charge is 2.03. The third-order valence-electron chi connectivity index (χ3n) is 2.41. The number of amides is 2. The Balaban J connectivity index is 3.38. The first-order chi connectivity index (χ1) is 9.91. The number of hydrogen-bond donors (Lipinski definition) is 2. The van der Waals surface area contributed by atoms with Crippen LogP contribution >= 0.6 is 0 Å². The van der Waals surface area contributed by atoms with Crippen LogP contribution < -0.4 is 10.6 Å². The number of nitrogens with zero attached hydrogens (tertiary/aromatic N) is 2. The fourth-order valence-corrected chi connectivity index (χ4v) is 1.25. The van der Waals surface area contributed by atoms with Crippen molar-refractivity contribution >= 4 is 12.2 Å². The molecule has 0 spiro atoms. The molecule has 8 nitrogen and oxygen atoms in total. The summed E-state index contributed by atoms with van der Waals surface area (Å²) < 4.78 is 9.86. The maximum atomic E-state index is 11.3. The van der Waals surface area contributed by atoms with Crippen molar-refractivity contribution in [3.63, 3.8) is 0 Å². The fourth-order valence-electron chi connectivity index (χ4n) is 1.25. The molecular formula is C13H28N4O4. The van der Waals surface area contributed by atoms with E-state index in [0.717, 1.165) is 13.1 Å². The molecule has 0 radical (unpaired) electrons. The van der Waals surface area contributed by atoms with Gasteiger partial charge in [-0.3, -0.25) is 0 Å². The minimum Gasteiger partial charge on any atom is -0.449 e. The maximum absolute atomic E-state index is 11.3. The molecule has 0 aliphatic carbocycles. The molecule has 0 saturated carbocycles. The smallest absolute Gasteiger partial charge is 0.407 e. The van der Waals surface area contributed by atoms with Crippen molar-refractivity contribution in [2.24, 2.45) is 0 Å². The normalized spacial score (nSPS) is 10.6. The van der Waals surface area contributed by atoms with Gasteiger partial charge in [-0.1, -0.05) is 0 Å². The first kappa shape index (κ1) is 19.5. The summed E-state index contributed by atoms with van der Waals surface area (Å²) in [6.07, 6.45) is -0.429. The largest absolute Gasteiger partial charge is 0.449 e. The Morgan fingerprint density at radius 2 is 1.19 bits per heavy atom. The molecule has 0 aromatic carbocycles. The maximum Gasteiger partial charge on any atom is 0.407 e. The summed E-state index contributed by atoms with van der Waals surface area (Å²) in [6, 6.07) is 0. The molecule has 0 aliphatic heterocycles. The van der Waals surface area contributed by atoms with E-state index in [1.807, 2.05) is 38.0 Å². The van der Waals surface area contributed by atoms with Crippen LogP contribution in [0.4, 0.5) is 9.59 Å². The molecule has 0 saturated heterocycles. The molecule has 2 amide bonds. The molecule has 0 atom stereocenters. The van der Waals surface area contributed by atoms with Gasteiger partial charge in [0.1, 0.15) is 0 Å². The quantitative estimate of drug-likeness (QED) is 0.551. The van der Waals surface area contributed by atoms with Gasteiger partial charge >= 0.3 is 12.2 Å². The van der Waals surface area contributed by atoms with Crippen molar-refractivity contribution in [2.75, 3.05) is 67.6 Å². The summed E-state index contributed by atoms with van der Waals surface area (Å²) in [5.74, 6) is 0. The standard InChI is InChI=1S/C13H28N4O4/c1-16(2)8-6-14-12(18)20-10-5-11-21-13(19)15-7-9-17(3)4/h5-11H2,1-4H3,(H,14,18)(H,15,19). The lowest BCUT2D eigenvalue weighted by Gasteiger charge is -2.11. The summed E-state index contributed by atoms with van der Waals surface area (Å²) in [4.78, 5) is 26.4. The Bertz CT molecular complexity index is 270. The lowest BCUT2D eigenvalue weighted by atomic mass is 10.5. The van der Waals surface area contributed by atoms with Crippen molar-refractivity contribution < 1.29 is 19.1 Å². The van der Waals surface area contributed by atoms with Gasteiger partial charge in [-0.05, 0) is 28.2 Å². The predicted molar refractivity (Wildman–Crippen MR) is 80.4 cm³/mol. The van der Waals surface area contributed by atoms with E-state index in [9.17, 15) is 9.59 Å². The third kappa shape index (κ3) is 14.7. The second-order valence-corrected chi connectivity index (χ2v) is 5.09. The highest BCUT2D eigenvalue weighted by molar-refractivity contribution is 5.67. The fraction of sp³-hybridized carbons (Fsp3) is 0.846. The first-order valence-corrected chi connectivity index (χ1v) is 7.02. The topological polar surface area (TPSA) is 83.1 Å². The molecule has 0 aromatic rings. The number of likely N-dealkylation sites (N-methyl/N-ethyl adjacent to an activating group) is 2. The number of carbonyl (C=O) groups excluding carboxylic acids is 2. The average Bonchev–Trinajstić information content (AvgIpc) is 2.37. The van der Waals surface area contributed by atoms with E-state index in [-0.39, 0.29) is 13.2 Å². The van der Waals surface area contributed by atoms with Crippen LogP contribution in [0.5, 0.6) is 0 Å². The van der Waals surface area contributed by atoms with Crippen LogP contribution in [0.3, 0.4) is 0 Å². The zero-order valence-electron chi connectivity index (χ0n) is 13.5. The number of carbonyl (C=O) groups is 2. The third-order valence-corrected chi connectivity index (χ3v) is 2.41. The van der Waals surface area contributed by atoms with E-state index >= 15 is 0 Å². The molecule has 0 fully saturated rings. The zero-order chi connectivity index (χ0) is 16.1.